The minimum atomic E-state index is -3.84. The van der Waals surface area contributed by atoms with Gasteiger partial charge in [0, 0.05) is 18.7 Å². The maximum Gasteiger partial charge on any atom is 0.236 e. The van der Waals surface area contributed by atoms with Crippen LogP contribution in [0.4, 0.5) is 5.88 Å². The summed E-state index contributed by atoms with van der Waals surface area (Å²) < 4.78 is 38.6. The molecule has 1 aliphatic heterocycles. The summed E-state index contributed by atoms with van der Waals surface area (Å²) in [5.74, 6) is 0.563. The molecule has 0 amide bonds. The second kappa shape index (κ2) is 7.65. The van der Waals surface area contributed by atoms with E-state index in [2.05, 4.69) is 4.98 Å². The molecule has 6 nitrogen and oxygen atoms in total. The minimum Gasteiger partial charge on any atom is -0.419 e. The molecule has 2 aromatic carbocycles. The van der Waals surface area contributed by atoms with Crippen molar-refractivity contribution in [1.29, 1.82) is 0 Å². The Bertz CT molecular complexity index is 1080. The highest BCUT2D eigenvalue weighted by Crippen LogP contribution is 2.36. The second-order valence-electron chi connectivity index (χ2n) is 7.47. The van der Waals surface area contributed by atoms with E-state index in [0.29, 0.717) is 19.0 Å². The largest absolute Gasteiger partial charge is 0.419 e. The standard InChI is InChI=1S/C22H24N2O4S/c1-15-9-11-18(12-10-15)20-23-21(29(25,26)19-7-5-4-6-8-19)22(28-20)24-13-16(2)27-17(3)14-24/h4-12,16-17H,13-14H2,1-3H3/t16-,17-/m0/s1. The Hall–Kier alpha value is -2.64. The predicted molar refractivity (Wildman–Crippen MR) is 111 cm³/mol. The normalized spacial score (nSPS) is 20.0. The first-order valence-corrected chi connectivity index (χ1v) is 11.1. The number of hydrogen-bond acceptors (Lipinski definition) is 6. The second-order valence-corrected chi connectivity index (χ2v) is 9.34. The number of ether oxygens (including phenoxy) is 1. The summed E-state index contributed by atoms with van der Waals surface area (Å²) in [4.78, 5) is 6.56. The third-order valence-corrected chi connectivity index (χ3v) is 6.56. The molecular formula is C22H24N2O4S. The molecule has 7 heteroatoms. The average molecular weight is 413 g/mol. The van der Waals surface area contributed by atoms with E-state index in [1.54, 1.807) is 30.3 Å². The molecule has 0 saturated carbocycles. The molecule has 4 rings (SSSR count). The summed E-state index contributed by atoms with van der Waals surface area (Å²) in [5, 5.41) is -0.0550. The minimum absolute atomic E-state index is 0.0426. The van der Waals surface area contributed by atoms with E-state index >= 15 is 0 Å². The molecule has 1 aromatic heterocycles. The van der Waals surface area contributed by atoms with E-state index in [1.807, 2.05) is 49.9 Å². The van der Waals surface area contributed by atoms with Crippen LogP contribution in [0, 0.1) is 6.92 Å². The predicted octanol–water partition coefficient (Wildman–Crippen LogP) is 4.10. The lowest BCUT2D eigenvalue weighted by atomic mass is 10.1. The summed E-state index contributed by atoms with van der Waals surface area (Å²) in [6.45, 7) is 6.98. The van der Waals surface area contributed by atoms with E-state index in [0.717, 1.165) is 11.1 Å². The first-order chi connectivity index (χ1) is 13.8. The molecule has 29 heavy (non-hydrogen) atoms. The van der Waals surface area contributed by atoms with E-state index in [-0.39, 0.29) is 28.0 Å². The zero-order chi connectivity index (χ0) is 20.6. The Morgan fingerprint density at radius 1 is 0.966 bits per heavy atom. The molecule has 3 aromatic rings. The number of aromatic nitrogens is 1. The van der Waals surface area contributed by atoms with Gasteiger partial charge in [-0.2, -0.15) is 4.98 Å². The lowest BCUT2D eigenvalue weighted by Crippen LogP contribution is -2.45. The van der Waals surface area contributed by atoms with Crippen LogP contribution in [0.2, 0.25) is 0 Å². The fourth-order valence-electron chi connectivity index (χ4n) is 3.55. The third kappa shape index (κ3) is 3.93. The summed E-state index contributed by atoms with van der Waals surface area (Å²) >= 11 is 0. The highest BCUT2D eigenvalue weighted by molar-refractivity contribution is 7.91. The van der Waals surface area contributed by atoms with Gasteiger partial charge >= 0.3 is 0 Å². The fraction of sp³-hybridized carbons (Fsp3) is 0.318. The van der Waals surface area contributed by atoms with E-state index in [9.17, 15) is 8.42 Å². The first kappa shape index (κ1) is 19.7. The van der Waals surface area contributed by atoms with Gasteiger partial charge in [-0.15, -0.1) is 0 Å². The summed E-state index contributed by atoms with van der Waals surface area (Å²) in [6.07, 6.45) is -0.0853. The molecule has 1 saturated heterocycles. The monoisotopic (exact) mass is 412 g/mol. The van der Waals surface area contributed by atoms with Crippen LogP contribution < -0.4 is 4.90 Å². The smallest absolute Gasteiger partial charge is 0.236 e. The average Bonchev–Trinajstić information content (AvgIpc) is 3.15. The fourth-order valence-corrected chi connectivity index (χ4v) is 4.89. The van der Waals surface area contributed by atoms with Crippen molar-refractivity contribution in [2.24, 2.45) is 0 Å². The number of hydrogen-bond donors (Lipinski definition) is 0. The number of aryl methyl sites for hydroxylation is 1. The number of oxazole rings is 1. The van der Waals surface area contributed by atoms with Gasteiger partial charge in [-0.3, -0.25) is 0 Å². The number of benzene rings is 2. The zero-order valence-corrected chi connectivity index (χ0v) is 17.5. The lowest BCUT2D eigenvalue weighted by molar-refractivity contribution is -0.00657. The summed E-state index contributed by atoms with van der Waals surface area (Å²) in [5.41, 5.74) is 1.84. The Balaban J connectivity index is 1.85. The van der Waals surface area contributed by atoms with Crippen LogP contribution in [0.5, 0.6) is 0 Å². The molecular weight excluding hydrogens is 388 g/mol. The Morgan fingerprint density at radius 2 is 1.59 bits per heavy atom. The number of nitrogens with zero attached hydrogens (tertiary/aromatic N) is 2. The van der Waals surface area contributed by atoms with Crippen molar-refractivity contribution in [3.63, 3.8) is 0 Å². The van der Waals surface area contributed by atoms with Crippen LogP contribution in [0.1, 0.15) is 19.4 Å². The summed E-state index contributed by atoms with van der Waals surface area (Å²) in [7, 11) is -3.84. The Morgan fingerprint density at radius 3 is 2.21 bits per heavy atom. The van der Waals surface area contributed by atoms with Crippen molar-refractivity contribution in [3.05, 3.63) is 60.2 Å². The van der Waals surface area contributed by atoms with Crippen molar-refractivity contribution >= 4 is 15.7 Å². The maximum atomic E-state index is 13.4. The summed E-state index contributed by atoms with van der Waals surface area (Å²) in [6, 6.07) is 16.0. The molecule has 0 aliphatic carbocycles. The van der Waals surface area contributed by atoms with Crippen molar-refractivity contribution in [1.82, 2.24) is 4.98 Å². The van der Waals surface area contributed by atoms with Crippen molar-refractivity contribution in [3.8, 4) is 11.5 Å². The van der Waals surface area contributed by atoms with Crippen LogP contribution in [0.3, 0.4) is 0 Å². The highest BCUT2D eigenvalue weighted by Gasteiger charge is 2.34. The van der Waals surface area contributed by atoms with Gasteiger partial charge in [0.15, 0.2) is 0 Å². The molecule has 0 radical (unpaired) electrons. The molecule has 1 fully saturated rings. The van der Waals surface area contributed by atoms with Crippen LogP contribution in [-0.2, 0) is 14.6 Å². The SMILES string of the molecule is Cc1ccc(-c2nc(S(=O)(=O)c3ccccc3)c(N3C[C@H](C)O[C@@H](C)C3)o2)cc1. The molecule has 152 valence electrons. The van der Waals surface area contributed by atoms with Gasteiger partial charge in [0.05, 0.1) is 17.1 Å². The third-order valence-electron chi connectivity index (χ3n) is 4.89. The molecule has 0 unspecified atom stereocenters. The molecule has 2 atom stereocenters. The highest BCUT2D eigenvalue weighted by atomic mass is 32.2. The van der Waals surface area contributed by atoms with Crippen LogP contribution in [-0.4, -0.2) is 38.7 Å². The van der Waals surface area contributed by atoms with Gasteiger partial charge in [0.2, 0.25) is 26.6 Å². The van der Waals surface area contributed by atoms with Crippen molar-refractivity contribution in [2.75, 3.05) is 18.0 Å². The van der Waals surface area contributed by atoms with Gasteiger partial charge in [-0.25, -0.2) is 8.42 Å². The van der Waals surface area contributed by atoms with Crippen LogP contribution in [0.25, 0.3) is 11.5 Å². The first-order valence-electron chi connectivity index (χ1n) is 9.63. The van der Waals surface area contributed by atoms with Gasteiger partial charge < -0.3 is 14.1 Å². The van der Waals surface area contributed by atoms with Gasteiger partial charge in [0.25, 0.3) is 0 Å². The Kier molecular flexibility index (Phi) is 5.19. The molecule has 0 bridgehead atoms. The molecule has 1 aliphatic rings. The molecule has 2 heterocycles. The lowest BCUT2D eigenvalue weighted by Gasteiger charge is -2.35. The maximum absolute atomic E-state index is 13.4. The van der Waals surface area contributed by atoms with Crippen LogP contribution >= 0.6 is 0 Å². The van der Waals surface area contributed by atoms with Gasteiger partial charge in [-0.05, 0) is 45.0 Å². The van der Waals surface area contributed by atoms with E-state index in [4.69, 9.17) is 9.15 Å². The van der Waals surface area contributed by atoms with Crippen molar-refractivity contribution in [2.45, 2.75) is 42.9 Å². The molecule has 0 N–H and O–H groups in total. The topological polar surface area (TPSA) is 72.6 Å². The van der Waals surface area contributed by atoms with Gasteiger partial charge in [-0.1, -0.05) is 35.9 Å². The number of anilines is 1. The number of rotatable bonds is 4. The number of sulfone groups is 1. The molecule has 0 spiro atoms. The van der Waals surface area contributed by atoms with Crippen molar-refractivity contribution < 1.29 is 17.6 Å². The zero-order valence-electron chi connectivity index (χ0n) is 16.7. The van der Waals surface area contributed by atoms with E-state index in [1.165, 1.54) is 0 Å². The van der Waals surface area contributed by atoms with Crippen LogP contribution in [0.15, 0.2) is 68.9 Å². The number of morpholine rings is 1. The quantitative estimate of drug-likeness (QED) is 0.642. The Labute approximate surface area is 171 Å². The van der Waals surface area contributed by atoms with Gasteiger partial charge in [0.1, 0.15) is 0 Å². The van der Waals surface area contributed by atoms with E-state index < -0.39 is 9.84 Å².